The summed E-state index contributed by atoms with van der Waals surface area (Å²) >= 11 is 5.82. The molecule has 0 atom stereocenters. The molecule has 0 N–H and O–H groups in total. The molecule has 0 saturated heterocycles. The summed E-state index contributed by atoms with van der Waals surface area (Å²) in [4.78, 5) is 15.7. The van der Waals surface area contributed by atoms with E-state index in [-0.39, 0.29) is 22.8 Å². The first kappa shape index (κ1) is 14.6. The summed E-state index contributed by atoms with van der Waals surface area (Å²) in [5, 5.41) is 3.94. The lowest BCUT2D eigenvalue weighted by molar-refractivity contribution is -0.0174. The molecule has 0 aromatic carbocycles. The lowest BCUT2D eigenvalue weighted by Crippen LogP contribution is -2.22. The Bertz CT molecular complexity index is 555. The zero-order valence-electron chi connectivity index (χ0n) is 11.4. The number of nitrogens with zero attached hydrogens (tertiary/aromatic N) is 6. The maximum Gasteiger partial charge on any atom is 0.322 e. The van der Waals surface area contributed by atoms with Crippen LogP contribution < -0.4 is 4.74 Å². The number of hydrogen-bond donors (Lipinski definition) is 0. The molecule has 0 aliphatic rings. The zero-order chi connectivity index (χ0) is 14.6. The molecule has 2 rings (SSSR count). The number of rotatable bonds is 5. The van der Waals surface area contributed by atoms with Gasteiger partial charge in [-0.05, 0) is 32.4 Å². The second kappa shape index (κ2) is 6.10. The third kappa shape index (κ3) is 4.39. The van der Waals surface area contributed by atoms with Gasteiger partial charge in [0.25, 0.3) is 5.95 Å². The molecule has 0 saturated carbocycles. The van der Waals surface area contributed by atoms with Crippen LogP contribution in [0.4, 0.5) is 0 Å². The topological polar surface area (TPSA) is 87.8 Å². The highest BCUT2D eigenvalue weighted by Crippen LogP contribution is 2.11. The number of aromatic nitrogens is 6. The van der Waals surface area contributed by atoms with Crippen molar-refractivity contribution in [2.24, 2.45) is 0 Å². The van der Waals surface area contributed by atoms with Gasteiger partial charge in [-0.1, -0.05) is 0 Å². The smallest absolute Gasteiger partial charge is 0.322 e. The molecule has 0 radical (unpaired) electrons. The fourth-order valence-corrected chi connectivity index (χ4v) is 1.43. The highest BCUT2D eigenvalue weighted by Gasteiger charge is 2.11. The van der Waals surface area contributed by atoms with E-state index in [1.165, 1.54) is 17.3 Å². The van der Waals surface area contributed by atoms with E-state index in [1.807, 2.05) is 20.8 Å². The summed E-state index contributed by atoms with van der Waals surface area (Å²) in [5.41, 5.74) is -0.216. The molecule has 0 aliphatic heterocycles. The second-order valence-corrected chi connectivity index (χ2v) is 5.17. The molecule has 2 aromatic heterocycles. The van der Waals surface area contributed by atoms with Crippen LogP contribution in [0.5, 0.6) is 6.01 Å². The van der Waals surface area contributed by atoms with E-state index >= 15 is 0 Å². The van der Waals surface area contributed by atoms with Gasteiger partial charge in [0.05, 0.1) is 12.2 Å². The van der Waals surface area contributed by atoms with Crippen molar-refractivity contribution >= 4 is 11.6 Å². The summed E-state index contributed by atoms with van der Waals surface area (Å²) in [7, 11) is 0. The minimum atomic E-state index is -0.216. The van der Waals surface area contributed by atoms with Crippen molar-refractivity contribution in [3.8, 4) is 12.0 Å². The summed E-state index contributed by atoms with van der Waals surface area (Å²) < 4.78 is 12.3. The van der Waals surface area contributed by atoms with Crippen LogP contribution in [0, 0.1) is 0 Å². The van der Waals surface area contributed by atoms with Crippen LogP contribution in [0.25, 0.3) is 5.95 Å². The Balaban J connectivity index is 1.98. The van der Waals surface area contributed by atoms with Gasteiger partial charge in [0, 0.05) is 0 Å². The summed E-state index contributed by atoms with van der Waals surface area (Å²) in [6, 6.07) is 0.119. The Morgan fingerprint density at radius 2 is 2.00 bits per heavy atom. The van der Waals surface area contributed by atoms with E-state index in [9.17, 15) is 0 Å². The maximum absolute atomic E-state index is 5.82. The van der Waals surface area contributed by atoms with E-state index in [0.717, 1.165) is 0 Å². The quantitative estimate of drug-likeness (QED) is 0.769. The molecule has 0 aliphatic carbocycles. The van der Waals surface area contributed by atoms with Crippen molar-refractivity contribution in [3.05, 3.63) is 17.9 Å². The van der Waals surface area contributed by atoms with E-state index in [1.54, 1.807) is 0 Å². The standard InChI is InChI=1S/C11H15ClN6O2/c1-11(2,3)20-5-4-19-10-16-8(12)15-9(17-10)18-7-13-6-14-18/h6-7H,4-5H2,1-3H3. The van der Waals surface area contributed by atoms with Crippen LogP contribution in [0.15, 0.2) is 12.7 Å². The molecule has 8 nitrogen and oxygen atoms in total. The molecular weight excluding hydrogens is 284 g/mol. The molecule has 0 amide bonds. The van der Waals surface area contributed by atoms with Crippen LogP contribution in [0.1, 0.15) is 20.8 Å². The van der Waals surface area contributed by atoms with Crippen LogP contribution in [0.3, 0.4) is 0 Å². The van der Waals surface area contributed by atoms with Crippen molar-refractivity contribution in [1.82, 2.24) is 29.7 Å². The van der Waals surface area contributed by atoms with E-state index in [0.29, 0.717) is 13.2 Å². The molecule has 108 valence electrons. The average molecular weight is 299 g/mol. The van der Waals surface area contributed by atoms with Gasteiger partial charge in [-0.2, -0.15) is 24.7 Å². The molecule has 2 heterocycles. The van der Waals surface area contributed by atoms with E-state index < -0.39 is 0 Å². The monoisotopic (exact) mass is 298 g/mol. The predicted octanol–water partition coefficient (Wildman–Crippen LogP) is 1.30. The lowest BCUT2D eigenvalue weighted by Gasteiger charge is -2.19. The minimum absolute atomic E-state index is 0.0252. The Morgan fingerprint density at radius 1 is 1.20 bits per heavy atom. The van der Waals surface area contributed by atoms with E-state index in [4.69, 9.17) is 21.1 Å². The molecule has 20 heavy (non-hydrogen) atoms. The van der Waals surface area contributed by atoms with Crippen molar-refractivity contribution < 1.29 is 9.47 Å². The van der Waals surface area contributed by atoms with Crippen molar-refractivity contribution in [2.45, 2.75) is 26.4 Å². The van der Waals surface area contributed by atoms with Gasteiger partial charge in [0.1, 0.15) is 19.3 Å². The van der Waals surface area contributed by atoms with Crippen LogP contribution in [-0.2, 0) is 4.74 Å². The second-order valence-electron chi connectivity index (χ2n) is 4.84. The Labute approximate surface area is 121 Å². The van der Waals surface area contributed by atoms with Gasteiger partial charge in [-0.3, -0.25) is 0 Å². The molecule has 0 spiro atoms. The first-order valence-electron chi connectivity index (χ1n) is 5.97. The van der Waals surface area contributed by atoms with Crippen LogP contribution in [0.2, 0.25) is 5.28 Å². The van der Waals surface area contributed by atoms with Gasteiger partial charge in [0.15, 0.2) is 0 Å². The molecule has 0 fully saturated rings. The fraction of sp³-hybridized carbons (Fsp3) is 0.545. The third-order valence-corrected chi connectivity index (χ3v) is 2.22. The molecular formula is C11H15ClN6O2. The van der Waals surface area contributed by atoms with Gasteiger partial charge in [0.2, 0.25) is 5.28 Å². The molecule has 9 heteroatoms. The normalized spacial score (nSPS) is 11.6. The average Bonchev–Trinajstić information content (AvgIpc) is 2.86. The summed E-state index contributed by atoms with van der Waals surface area (Å²) in [5.74, 6) is 0.245. The van der Waals surface area contributed by atoms with Crippen molar-refractivity contribution in [1.29, 1.82) is 0 Å². The Morgan fingerprint density at radius 3 is 2.65 bits per heavy atom. The number of halogens is 1. The van der Waals surface area contributed by atoms with Crippen molar-refractivity contribution in [2.75, 3.05) is 13.2 Å². The first-order valence-corrected chi connectivity index (χ1v) is 6.35. The van der Waals surface area contributed by atoms with Gasteiger partial charge in [-0.25, -0.2) is 4.98 Å². The minimum Gasteiger partial charge on any atom is -0.461 e. The first-order chi connectivity index (χ1) is 9.44. The summed E-state index contributed by atoms with van der Waals surface area (Å²) in [6.07, 6.45) is 2.83. The predicted molar refractivity (Wildman–Crippen MR) is 71.0 cm³/mol. The largest absolute Gasteiger partial charge is 0.461 e. The fourth-order valence-electron chi connectivity index (χ4n) is 1.28. The molecule has 2 aromatic rings. The maximum atomic E-state index is 5.82. The van der Waals surface area contributed by atoms with Crippen molar-refractivity contribution in [3.63, 3.8) is 0 Å². The third-order valence-electron chi connectivity index (χ3n) is 2.05. The zero-order valence-corrected chi connectivity index (χ0v) is 12.2. The lowest BCUT2D eigenvalue weighted by atomic mass is 10.2. The molecule has 0 bridgehead atoms. The van der Waals surface area contributed by atoms with Gasteiger partial charge < -0.3 is 9.47 Å². The van der Waals surface area contributed by atoms with Crippen LogP contribution in [-0.4, -0.2) is 48.5 Å². The highest BCUT2D eigenvalue weighted by atomic mass is 35.5. The summed E-state index contributed by atoms with van der Waals surface area (Å²) in [6.45, 7) is 6.64. The van der Waals surface area contributed by atoms with Crippen LogP contribution >= 0.6 is 11.6 Å². The number of ether oxygens (including phenoxy) is 2. The van der Waals surface area contributed by atoms with Gasteiger partial charge in [-0.15, -0.1) is 0 Å². The Hall–Kier alpha value is -1.80. The molecule has 0 unspecified atom stereocenters. The van der Waals surface area contributed by atoms with Gasteiger partial charge >= 0.3 is 6.01 Å². The Kier molecular flexibility index (Phi) is 4.46. The van der Waals surface area contributed by atoms with E-state index in [2.05, 4.69) is 25.0 Å². The SMILES string of the molecule is CC(C)(C)OCCOc1nc(Cl)nc(-n2cncn2)n1. The highest BCUT2D eigenvalue weighted by molar-refractivity contribution is 6.28. The number of hydrogen-bond acceptors (Lipinski definition) is 7.